The molecule has 34 heavy (non-hydrogen) atoms. The van der Waals surface area contributed by atoms with Crippen molar-refractivity contribution in [3.63, 3.8) is 0 Å². The van der Waals surface area contributed by atoms with Crippen LogP contribution in [0.25, 0.3) is 11.0 Å². The first-order valence-electron chi connectivity index (χ1n) is 12.6. The Labute approximate surface area is 200 Å². The van der Waals surface area contributed by atoms with E-state index in [-0.39, 0.29) is 24.5 Å². The van der Waals surface area contributed by atoms with Gasteiger partial charge < -0.3 is 19.9 Å². The highest BCUT2D eigenvalue weighted by Gasteiger charge is 2.27. The van der Waals surface area contributed by atoms with E-state index >= 15 is 0 Å². The molecule has 184 valence electrons. The van der Waals surface area contributed by atoms with Crippen LogP contribution in [0.2, 0.25) is 0 Å². The fraction of sp³-hybridized carbons (Fsp3) is 0.667. The van der Waals surface area contributed by atoms with Gasteiger partial charge in [0.2, 0.25) is 5.91 Å². The number of rotatable bonds is 5. The van der Waals surface area contributed by atoms with E-state index in [4.69, 9.17) is 9.72 Å². The highest BCUT2D eigenvalue weighted by molar-refractivity contribution is 6.04. The van der Waals surface area contributed by atoms with E-state index < -0.39 is 0 Å². The molecule has 3 aliphatic rings. The van der Waals surface area contributed by atoms with Gasteiger partial charge in [-0.15, -0.1) is 0 Å². The molecule has 0 atom stereocenters. The lowest BCUT2D eigenvalue weighted by Crippen LogP contribution is -2.51. The van der Waals surface area contributed by atoms with Gasteiger partial charge in [0, 0.05) is 45.8 Å². The number of pyridine rings is 1. The molecule has 3 fully saturated rings. The van der Waals surface area contributed by atoms with E-state index in [9.17, 15) is 9.59 Å². The number of amides is 2. The number of piperidine rings is 1. The number of aromatic nitrogens is 3. The first kappa shape index (κ1) is 23.0. The Balaban J connectivity index is 1.20. The molecule has 0 bridgehead atoms. The molecule has 2 aromatic rings. The summed E-state index contributed by atoms with van der Waals surface area (Å²) in [5.74, 6) is 0.878. The van der Waals surface area contributed by atoms with Crippen molar-refractivity contribution >= 4 is 28.7 Å². The second-order valence-electron chi connectivity index (χ2n) is 9.63. The van der Waals surface area contributed by atoms with Gasteiger partial charge in [0.25, 0.3) is 5.91 Å². The zero-order valence-electron chi connectivity index (χ0n) is 20.0. The summed E-state index contributed by atoms with van der Waals surface area (Å²) in [5.41, 5.74) is 1.19. The lowest BCUT2D eigenvalue weighted by atomic mass is 10.0. The standard InChI is InChI=1S/C24H35N7O3/c1-28-23-19(6-7-20(26-23)30-10-4-2-3-5-11-30)22(27-28)24(33)25-18-8-12-29(13-9-18)17-31-14-15-34-16-21(31)32/h6-7,18H,2-5,8-17H2,1H3,(H,25,33). The van der Waals surface area contributed by atoms with Crippen LogP contribution < -0.4 is 10.2 Å². The summed E-state index contributed by atoms with van der Waals surface area (Å²) in [5, 5.41) is 8.49. The van der Waals surface area contributed by atoms with Crippen molar-refractivity contribution in [2.45, 2.75) is 44.6 Å². The molecule has 2 aromatic heterocycles. The largest absolute Gasteiger partial charge is 0.370 e. The highest BCUT2D eigenvalue weighted by Crippen LogP contribution is 2.23. The number of carbonyl (C=O) groups is 2. The number of likely N-dealkylation sites (tertiary alicyclic amines) is 1. The Bertz CT molecular complexity index is 1020. The third kappa shape index (κ3) is 5.02. The zero-order chi connectivity index (χ0) is 23.5. The van der Waals surface area contributed by atoms with E-state index in [1.807, 2.05) is 24.1 Å². The fourth-order valence-corrected chi connectivity index (χ4v) is 5.18. The minimum atomic E-state index is -0.142. The summed E-state index contributed by atoms with van der Waals surface area (Å²) in [6, 6.07) is 4.12. The number of anilines is 1. The van der Waals surface area contributed by atoms with Crippen molar-refractivity contribution in [2.24, 2.45) is 7.05 Å². The van der Waals surface area contributed by atoms with Gasteiger partial charge in [0.1, 0.15) is 12.4 Å². The lowest BCUT2D eigenvalue weighted by Gasteiger charge is -2.37. The predicted molar refractivity (Wildman–Crippen MR) is 129 cm³/mol. The van der Waals surface area contributed by atoms with Gasteiger partial charge in [0.15, 0.2) is 11.3 Å². The number of hydrogen-bond donors (Lipinski definition) is 1. The van der Waals surface area contributed by atoms with Crippen LogP contribution in [0.4, 0.5) is 5.82 Å². The summed E-state index contributed by atoms with van der Waals surface area (Å²) >= 11 is 0. The molecule has 0 saturated carbocycles. The molecule has 0 unspecified atom stereocenters. The van der Waals surface area contributed by atoms with Gasteiger partial charge >= 0.3 is 0 Å². The van der Waals surface area contributed by atoms with Crippen molar-refractivity contribution in [1.29, 1.82) is 0 Å². The average molecular weight is 470 g/mol. The van der Waals surface area contributed by atoms with Crippen LogP contribution in [-0.2, 0) is 16.6 Å². The third-order valence-electron chi connectivity index (χ3n) is 7.19. The Morgan fingerprint density at radius 2 is 1.85 bits per heavy atom. The summed E-state index contributed by atoms with van der Waals surface area (Å²) in [6.45, 7) is 5.82. The molecule has 0 spiro atoms. The Hall–Kier alpha value is -2.72. The van der Waals surface area contributed by atoms with Crippen molar-refractivity contribution < 1.29 is 14.3 Å². The molecular weight excluding hydrogens is 434 g/mol. The zero-order valence-corrected chi connectivity index (χ0v) is 20.0. The minimum absolute atomic E-state index is 0.0521. The molecule has 2 amide bonds. The first-order chi connectivity index (χ1) is 16.6. The molecule has 5 rings (SSSR count). The maximum atomic E-state index is 13.1. The van der Waals surface area contributed by atoms with Crippen molar-refractivity contribution in [2.75, 3.05) is 57.5 Å². The molecule has 1 N–H and O–H groups in total. The van der Waals surface area contributed by atoms with Crippen LogP contribution in [0.15, 0.2) is 12.1 Å². The highest BCUT2D eigenvalue weighted by atomic mass is 16.5. The van der Waals surface area contributed by atoms with Crippen LogP contribution in [0, 0.1) is 0 Å². The average Bonchev–Trinajstić information content (AvgIpc) is 3.01. The smallest absolute Gasteiger partial charge is 0.272 e. The number of nitrogens with zero attached hydrogens (tertiary/aromatic N) is 6. The molecular formula is C24H35N7O3. The Kier molecular flexibility index (Phi) is 6.96. The van der Waals surface area contributed by atoms with Crippen molar-refractivity contribution in [3.05, 3.63) is 17.8 Å². The number of ether oxygens (including phenoxy) is 1. The second kappa shape index (κ2) is 10.3. The Morgan fingerprint density at radius 3 is 2.59 bits per heavy atom. The van der Waals surface area contributed by atoms with E-state index in [0.717, 1.165) is 55.9 Å². The van der Waals surface area contributed by atoms with Crippen LogP contribution >= 0.6 is 0 Å². The Morgan fingerprint density at radius 1 is 1.09 bits per heavy atom. The molecule has 3 saturated heterocycles. The molecule has 0 aliphatic carbocycles. The summed E-state index contributed by atoms with van der Waals surface area (Å²) in [7, 11) is 1.85. The molecule has 0 aromatic carbocycles. The van der Waals surface area contributed by atoms with E-state index in [1.165, 1.54) is 25.7 Å². The summed E-state index contributed by atoms with van der Waals surface area (Å²) in [6.07, 6.45) is 6.65. The SMILES string of the molecule is Cn1nc(C(=O)NC2CCN(CN3CCOCC3=O)CC2)c2ccc(N3CCCCCC3)nc21. The predicted octanol–water partition coefficient (Wildman–Crippen LogP) is 1.36. The normalized spacial score (nSPS) is 21.1. The number of carbonyl (C=O) groups excluding carboxylic acids is 2. The van der Waals surface area contributed by atoms with E-state index in [1.54, 1.807) is 4.68 Å². The van der Waals surface area contributed by atoms with E-state index in [2.05, 4.69) is 20.2 Å². The number of nitrogens with one attached hydrogen (secondary N) is 1. The fourth-order valence-electron chi connectivity index (χ4n) is 5.18. The quantitative estimate of drug-likeness (QED) is 0.706. The number of hydrogen-bond acceptors (Lipinski definition) is 7. The van der Waals surface area contributed by atoms with E-state index in [0.29, 0.717) is 25.5 Å². The van der Waals surface area contributed by atoms with Gasteiger partial charge in [-0.1, -0.05) is 12.8 Å². The first-order valence-corrected chi connectivity index (χ1v) is 12.6. The molecule has 3 aliphatic heterocycles. The molecule has 10 nitrogen and oxygen atoms in total. The summed E-state index contributed by atoms with van der Waals surface area (Å²) in [4.78, 5) is 36.4. The van der Waals surface area contributed by atoms with Crippen LogP contribution in [0.3, 0.4) is 0 Å². The minimum Gasteiger partial charge on any atom is -0.370 e. The second-order valence-corrected chi connectivity index (χ2v) is 9.63. The third-order valence-corrected chi connectivity index (χ3v) is 7.19. The van der Waals surface area contributed by atoms with Crippen LogP contribution in [0.5, 0.6) is 0 Å². The van der Waals surface area contributed by atoms with Crippen LogP contribution in [0.1, 0.15) is 49.0 Å². The maximum absolute atomic E-state index is 13.1. The number of aryl methyl sites for hydroxylation is 1. The van der Waals surface area contributed by atoms with Gasteiger partial charge in [-0.25, -0.2) is 9.67 Å². The maximum Gasteiger partial charge on any atom is 0.272 e. The van der Waals surface area contributed by atoms with Gasteiger partial charge in [-0.3, -0.25) is 14.5 Å². The van der Waals surface area contributed by atoms with Gasteiger partial charge in [0.05, 0.1) is 18.7 Å². The molecule has 5 heterocycles. The van der Waals surface area contributed by atoms with Crippen molar-refractivity contribution in [1.82, 2.24) is 29.9 Å². The van der Waals surface area contributed by atoms with Gasteiger partial charge in [-0.05, 0) is 37.8 Å². The van der Waals surface area contributed by atoms with Crippen molar-refractivity contribution in [3.8, 4) is 0 Å². The lowest BCUT2D eigenvalue weighted by molar-refractivity contribution is -0.145. The summed E-state index contributed by atoms with van der Waals surface area (Å²) < 4.78 is 6.92. The topological polar surface area (TPSA) is 95.8 Å². The number of fused-ring (bicyclic) bond motifs is 1. The number of morpholine rings is 1. The molecule has 0 radical (unpaired) electrons. The van der Waals surface area contributed by atoms with Gasteiger partial charge in [-0.2, -0.15) is 5.10 Å². The molecule has 10 heteroatoms. The van der Waals surface area contributed by atoms with Crippen LogP contribution in [-0.4, -0.2) is 95.0 Å². The monoisotopic (exact) mass is 469 g/mol.